The van der Waals surface area contributed by atoms with E-state index in [0.29, 0.717) is 16.2 Å². The molecule has 116 valence electrons. The van der Waals surface area contributed by atoms with E-state index in [9.17, 15) is 15.0 Å². The summed E-state index contributed by atoms with van der Waals surface area (Å²) in [6.45, 7) is 0. The van der Waals surface area contributed by atoms with Crippen molar-refractivity contribution < 1.29 is 19.4 Å². The molecule has 1 aromatic carbocycles. The van der Waals surface area contributed by atoms with Gasteiger partial charge in [0.15, 0.2) is 4.32 Å². The Morgan fingerprint density at radius 3 is 2.83 bits per heavy atom. The summed E-state index contributed by atoms with van der Waals surface area (Å²) in [4.78, 5) is 12.7. The molecule has 1 saturated heterocycles. The first-order valence-electron chi connectivity index (χ1n) is 6.42. The van der Waals surface area contributed by atoms with Crippen LogP contribution >= 0.6 is 24.0 Å². The average Bonchev–Trinajstić information content (AvgIpc) is 3.10. The van der Waals surface area contributed by atoms with Gasteiger partial charge in [0.1, 0.15) is 17.3 Å². The Labute approximate surface area is 140 Å². The fourth-order valence-electron chi connectivity index (χ4n) is 1.83. The molecule has 0 aliphatic carbocycles. The van der Waals surface area contributed by atoms with Crippen LogP contribution in [0.4, 0.5) is 0 Å². The number of benzene rings is 1. The summed E-state index contributed by atoms with van der Waals surface area (Å²) >= 11 is 6.22. The van der Waals surface area contributed by atoms with Gasteiger partial charge >= 0.3 is 0 Å². The lowest BCUT2D eigenvalue weighted by atomic mass is 10.2. The van der Waals surface area contributed by atoms with Crippen LogP contribution in [-0.2, 0) is 4.79 Å². The van der Waals surface area contributed by atoms with Crippen LogP contribution in [0.1, 0.15) is 11.3 Å². The van der Waals surface area contributed by atoms with Crippen molar-refractivity contribution in [3.05, 3.63) is 52.8 Å². The summed E-state index contributed by atoms with van der Waals surface area (Å²) in [5.74, 6) is -0.0842. The molecule has 8 heteroatoms. The maximum atomic E-state index is 12.3. The highest BCUT2D eigenvalue weighted by Gasteiger charge is 2.32. The summed E-state index contributed by atoms with van der Waals surface area (Å²) < 4.78 is 5.38. The summed E-state index contributed by atoms with van der Waals surface area (Å²) in [6.07, 6.45) is 4.39. The Kier molecular flexibility index (Phi) is 4.18. The number of rotatable bonds is 3. The summed E-state index contributed by atoms with van der Waals surface area (Å²) in [6, 6.07) is 7.52. The van der Waals surface area contributed by atoms with E-state index in [1.807, 2.05) is 0 Å². The van der Waals surface area contributed by atoms with Crippen molar-refractivity contribution in [1.29, 1.82) is 0 Å². The van der Waals surface area contributed by atoms with E-state index in [0.717, 1.165) is 16.8 Å². The zero-order valence-corrected chi connectivity index (χ0v) is 13.2. The number of thioether (sulfide) groups is 1. The minimum absolute atomic E-state index is 0.0600. The number of phenolic OH excluding ortho intramolecular Hbond substituents is 2. The molecule has 0 radical (unpaired) electrons. The third kappa shape index (κ3) is 3.27. The zero-order chi connectivity index (χ0) is 16.4. The molecule has 3 rings (SSSR count). The van der Waals surface area contributed by atoms with Crippen LogP contribution in [-0.4, -0.2) is 31.7 Å². The van der Waals surface area contributed by atoms with Gasteiger partial charge in [0.25, 0.3) is 5.91 Å². The molecule has 2 N–H and O–H groups in total. The number of carbonyl (C=O) groups is 1. The van der Waals surface area contributed by atoms with E-state index >= 15 is 0 Å². The lowest BCUT2D eigenvalue weighted by Gasteiger charge is -2.05. The van der Waals surface area contributed by atoms with E-state index < -0.39 is 5.91 Å². The highest BCUT2D eigenvalue weighted by atomic mass is 32.2. The average molecular weight is 346 g/mol. The summed E-state index contributed by atoms with van der Waals surface area (Å²) in [7, 11) is 0. The number of nitrogens with zero attached hydrogens (tertiary/aromatic N) is 2. The largest absolute Gasteiger partial charge is 0.508 e. The Balaban J connectivity index is 1.84. The van der Waals surface area contributed by atoms with E-state index in [1.54, 1.807) is 12.1 Å². The molecule has 0 unspecified atom stereocenters. The molecule has 1 fully saturated rings. The molecule has 1 amide bonds. The summed E-state index contributed by atoms with van der Waals surface area (Å²) in [5, 5.41) is 24.2. The molecule has 2 aromatic rings. The van der Waals surface area contributed by atoms with E-state index in [2.05, 4.69) is 5.10 Å². The van der Waals surface area contributed by atoms with Gasteiger partial charge in [0.05, 0.1) is 17.4 Å². The van der Waals surface area contributed by atoms with Crippen molar-refractivity contribution in [3.8, 4) is 11.5 Å². The topological polar surface area (TPSA) is 86.3 Å². The third-order valence-corrected chi connectivity index (χ3v) is 4.20. The molecule has 0 spiro atoms. The highest BCUT2D eigenvalue weighted by molar-refractivity contribution is 8.26. The molecule has 0 saturated carbocycles. The standard InChI is InChI=1S/C15H10N2O4S2/c18-10-4-3-9(12(19)7-10)6-13-14(20)17(15(22)23-13)16-8-11-2-1-5-21-11/h1-8,18-19H/b13-6+,16-8+. The van der Waals surface area contributed by atoms with Crippen molar-refractivity contribution >= 4 is 46.5 Å². The van der Waals surface area contributed by atoms with E-state index in [-0.39, 0.29) is 15.8 Å². The quantitative estimate of drug-likeness (QED) is 0.505. The number of amides is 1. The fraction of sp³-hybridized carbons (Fsp3) is 0. The second kappa shape index (κ2) is 6.27. The minimum Gasteiger partial charge on any atom is -0.508 e. The molecule has 2 heterocycles. The minimum atomic E-state index is -0.393. The van der Waals surface area contributed by atoms with Gasteiger partial charge < -0.3 is 14.6 Å². The number of hydrazone groups is 1. The van der Waals surface area contributed by atoms with Crippen LogP contribution in [0.15, 0.2) is 51.0 Å². The van der Waals surface area contributed by atoms with Crippen molar-refractivity contribution in [2.75, 3.05) is 0 Å². The molecule has 23 heavy (non-hydrogen) atoms. The first-order valence-corrected chi connectivity index (χ1v) is 7.64. The van der Waals surface area contributed by atoms with Crippen molar-refractivity contribution in [2.24, 2.45) is 5.10 Å². The second-order valence-corrected chi connectivity index (χ2v) is 6.17. The Hall–Kier alpha value is -2.58. The van der Waals surface area contributed by atoms with Gasteiger partial charge in [-0.2, -0.15) is 10.1 Å². The van der Waals surface area contributed by atoms with Gasteiger partial charge in [-0.1, -0.05) is 11.8 Å². The predicted octanol–water partition coefficient (Wildman–Crippen LogP) is 2.93. The first kappa shape index (κ1) is 15.3. The van der Waals surface area contributed by atoms with Gasteiger partial charge in [-0.25, -0.2) is 0 Å². The maximum absolute atomic E-state index is 12.3. The van der Waals surface area contributed by atoms with Crippen LogP contribution in [0, 0.1) is 0 Å². The lowest BCUT2D eigenvalue weighted by molar-refractivity contribution is -0.122. The Morgan fingerprint density at radius 2 is 2.13 bits per heavy atom. The number of carbonyl (C=O) groups excluding carboxylic acids is 1. The normalized spacial score (nSPS) is 16.9. The van der Waals surface area contributed by atoms with Gasteiger partial charge in [0, 0.05) is 11.6 Å². The SMILES string of the molecule is O=C1/C(=C\c2ccc(O)cc2O)SC(=S)N1/N=C/c1ccco1. The van der Waals surface area contributed by atoms with Crippen LogP contribution in [0.3, 0.4) is 0 Å². The fourth-order valence-corrected chi connectivity index (χ4v) is 3.00. The van der Waals surface area contributed by atoms with Crippen LogP contribution < -0.4 is 0 Å². The van der Waals surface area contributed by atoms with Crippen LogP contribution in [0.2, 0.25) is 0 Å². The van der Waals surface area contributed by atoms with E-state index in [4.69, 9.17) is 16.6 Å². The van der Waals surface area contributed by atoms with Gasteiger partial charge in [-0.15, -0.1) is 0 Å². The number of aromatic hydroxyl groups is 2. The molecule has 1 aliphatic rings. The number of phenols is 2. The summed E-state index contributed by atoms with van der Waals surface area (Å²) in [5.41, 5.74) is 0.401. The highest BCUT2D eigenvalue weighted by Crippen LogP contribution is 2.34. The molecule has 0 atom stereocenters. The van der Waals surface area contributed by atoms with Gasteiger partial charge in [-0.3, -0.25) is 4.79 Å². The molecule has 1 aliphatic heterocycles. The van der Waals surface area contributed by atoms with Gasteiger partial charge in [-0.05, 0) is 42.6 Å². The van der Waals surface area contributed by atoms with Crippen LogP contribution in [0.25, 0.3) is 6.08 Å². The molecular weight excluding hydrogens is 336 g/mol. The number of hydrogen-bond donors (Lipinski definition) is 2. The monoisotopic (exact) mass is 346 g/mol. The molecule has 1 aromatic heterocycles. The first-order chi connectivity index (χ1) is 11.0. The predicted molar refractivity (Wildman–Crippen MR) is 91.1 cm³/mol. The number of thiocarbonyl (C=S) groups is 1. The molecular formula is C15H10N2O4S2. The number of hydrogen-bond acceptors (Lipinski definition) is 7. The molecule has 6 nitrogen and oxygen atoms in total. The second-order valence-electron chi connectivity index (χ2n) is 4.50. The van der Waals surface area contributed by atoms with Crippen molar-refractivity contribution in [1.82, 2.24) is 5.01 Å². The van der Waals surface area contributed by atoms with Gasteiger partial charge in [0.2, 0.25) is 0 Å². The maximum Gasteiger partial charge on any atom is 0.286 e. The third-order valence-electron chi connectivity index (χ3n) is 2.92. The smallest absolute Gasteiger partial charge is 0.286 e. The zero-order valence-electron chi connectivity index (χ0n) is 11.5. The van der Waals surface area contributed by atoms with E-state index in [1.165, 1.54) is 36.8 Å². The van der Waals surface area contributed by atoms with Crippen LogP contribution in [0.5, 0.6) is 11.5 Å². The Bertz CT molecular complexity index is 828. The Morgan fingerprint density at radius 1 is 1.30 bits per heavy atom. The molecule has 0 bridgehead atoms. The van der Waals surface area contributed by atoms with Crippen molar-refractivity contribution in [3.63, 3.8) is 0 Å². The number of furan rings is 1. The lowest BCUT2D eigenvalue weighted by Crippen LogP contribution is -2.22. The van der Waals surface area contributed by atoms with Crippen molar-refractivity contribution in [2.45, 2.75) is 0 Å².